The molecule has 0 spiro atoms. The van der Waals surface area contributed by atoms with Crippen LogP contribution >= 0.6 is 0 Å². The molecule has 3 aromatic rings. The third-order valence-electron chi connectivity index (χ3n) is 4.74. The molecule has 1 atom stereocenters. The summed E-state index contributed by atoms with van der Waals surface area (Å²) in [7, 11) is 4.61. The van der Waals surface area contributed by atoms with Gasteiger partial charge in [-0.1, -0.05) is 0 Å². The van der Waals surface area contributed by atoms with Gasteiger partial charge in [-0.25, -0.2) is 4.79 Å². The van der Waals surface area contributed by atoms with Crippen molar-refractivity contribution in [3.8, 4) is 5.75 Å². The largest absolute Gasteiger partial charge is 0.497 e. The van der Waals surface area contributed by atoms with Gasteiger partial charge in [0.15, 0.2) is 11.2 Å². The van der Waals surface area contributed by atoms with Gasteiger partial charge in [-0.3, -0.25) is 13.9 Å². The fourth-order valence-corrected chi connectivity index (χ4v) is 3.36. The first-order valence-corrected chi connectivity index (χ1v) is 8.18. The normalized spacial score (nSPS) is 16.8. The lowest BCUT2D eigenvalue weighted by molar-refractivity contribution is 0.154. The van der Waals surface area contributed by atoms with Gasteiger partial charge < -0.3 is 19.3 Å². The van der Waals surface area contributed by atoms with E-state index < -0.39 is 17.4 Å². The van der Waals surface area contributed by atoms with E-state index in [1.807, 2.05) is 29.2 Å². The van der Waals surface area contributed by atoms with Gasteiger partial charge in [-0.05, 0) is 24.3 Å². The molecule has 2 aromatic heterocycles. The van der Waals surface area contributed by atoms with Crippen molar-refractivity contribution in [2.75, 3.05) is 18.6 Å². The Morgan fingerprint density at radius 3 is 2.46 bits per heavy atom. The number of rotatable bonds is 2. The van der Waals surface area contributed by atoms with Crippen LogP contribution < -0.4 is 20.9 Å². The number of nitrogens with zero attached hydrogens (tertiary/aromatic N) is 5. The first-order valence-electron chi connectivity index (χ1n) is 8.18. The highest BCUT2D eigenvalue weighted by Crippen LogP contribution is 2.31. The Bertz CT molecular complexity index is 1110. The van der Waals surface area contributed by atoms with Crippen LogP contribution in [0.25, 0.3) is 11.2 Å². The van der Waals surface area contributed by atoms with E-state index in [2.05, 4.69) is 4.98 Å². The summed E-state index contributed by atoms with van der Waals surface area (Å²) in [6.07, 6.45) is -0.677. The predicted molar refractivity (Wildman–Crippen MR) is 96.2 cm³/mol. The molecule has 0 amide bonds. The van der Waals surface area contributed by atoms with Crippen molar-refractivity contribution in [3.05, 3.63) is 45.1 Å². The van der Waals surface area contributed by atoms with E-state index in [0.717, 1.165) is 16.0 Å². The number of hydrogen-bond donors (Lipinski definition) is 1. The maximum absolute atomic E-state index is 12.6. The molecule has 9 heteroatoms. The summed E-state index contributed by atoms with van der Waals surface area (Å²) in [4.78, 5) is 31.2. The summed E-state index contributed by atoms with van der Waals surface area (Å²) in [5.41, 5.74) is 0.561. The molecule has 136 valence electrons. The van der Waals surface area contributed by atoms with Gasteiger partial charge in [0.1, 0.15) is 5.75 Å². The molecule has 0 bridgehead atoms. The smallest absolute Gasteiger partial charge is 0.332 e. The minimum atomic E-state index is -0.677. The number of β-amino-alcohol motifs (C(OH)–C–C–N with tert-alkyl or cyclic N) is 1. The number of aliphatic hydroxyl groups excluding tert-OH is 1. The minimum absolute atomic E-state index is 0.242. The maximum atomic E-state index is 12.6. The summed E-state index contributed by atoms with van der Waals surface area (Å²) in [6, 6.07) is 7.35. The molecule has 0 saturated heterocycles. The van der Waals surface area contributed by atoms with E-state index in [-0.39, 0.29) is 6.54 Å². The Morgan fingerprint density at radius 1 is 1.12 bits per heavy atom. The van der Waals surface area contributed by atoms with Crippen LogP contribution in [0.5, 0.6) is 5.75 Å². The van der Waals surface area contributed by atoms with Gasteiger partial charge in [0, 0.05) is 19.8 Å². The second-order valence-corrected chi connectivity index (χ2v) is 6.36. The van der Waals surface area contributed by atoms with Crippen molar-refractivity contribution in [3.63, 3.8) is 0 Å². The van der Waals surface area contributed by atoms with Crippen LogP contribution in [0.15, 0.2) is 33.9 Å². The summed E-state index contributed by atoms with van der Waals surface area (Å²) >= 11 is 0. The first kappa shape index (κ1) is 16.4. The molecule has 4 rings (SSSR count). The zero-order chi connectivity index (χ0) is 18.6. The molecule has 9 nitrogen and oxygen atoms in total. The van der Waals surface area contributed by atoms with E-state index in [9.17, 15) is 14.7 Å². The highest BCUT2D eigenvalue weighted by atomic mass is 16.5. The third kappa shape index (κ3) is 2.24. The van der Waals surface area contributed by atoms with Crippen LogP contribution in [0, 0.1) is 0 Å². The van der Waals surface area contributed by atoms with Crippen molar-refractivity contribution < 1.29 is 9.84 Å². The van der Waals surface area contributed by atoms with Crippen molar-refractivity contribution >= 4 is 22.8 Å². The minimum Gasteiger partial charge on any atom is -0.497 e. The Kier molecular flexibility index (Phi) is 3.62. The van der Waals surface area contributed by atoms with Gasteiger partial charge >= 0.3 is 5.69 Å². The molecule has 3 heterocycles. The van der Waals surface area contributed by atoms with Crippen molar-refractivity contribution in [2.45, 2.75) is 12.6 Å². The number of anilines is 2. The molecule has 1 N–H and O–H groups in total. The Labute approximate surface area is 148 Å². The van der Waals surface area contributed by atoms with E-state index in [4.69, 9.17) is 4.74 Å². The number of aliphatic hydroxyl groups is 1. The monoisotopic (exact) mass is 357 g/mol. The van der Waals surface area contributed by atoms with Crippen LogP contribution in [-0.4, -0.2) is 43.6 Å². The predicted octanol–water partition coefficient (Wildman–Crippen LogP) is -0.0451. The summed E-state index contributed by atoms with van der Waals surface area (Å²) in [6.45, 7) is 0.579. The van der Waals surface area contributed by atoms with Crippen molar-refractivity contribution in [1.82, 2.24) is 18.7 Å². The first-order chi connectivity index (χ1) is 12.4. The van der Waals surface area contributed by atoms with E-state index in [1.165, 1.54) is 11.6 Å². The standard InChI is InChI=1S/C17H19N5O4/c1-19-14-13(15(24)20(2)17(19)25)22-9-11(23)8-21(16(22)18-14)10-4-6-12(26-3)7-5-10/h4-7,11,23H,8-9H2,1-3H3/t11-/m0/s1. The van der Waals surface area contributed by atoms with Gasteiger partial charge in [-0.2, -0.15) is 4.98 Å². The maximum Gasteiger partial charge on any atom is 0.332 e. The Morgan fingerprint density at radius 2 is 1.81 bits per heavy atom. The number of ether oxygens (including phenoxy) is 1. The molecule has 0 fully saturated rings. The number of fused-ring (bicyclic) bond motifs is 3. The molecule has 1 aliphatic rings. The molecule has 0 unspecified atom stereocenters. The highest BCUT2D eigenvalue weighted by molar-refractivity contribution is 5.77. The molecule has 0 aliphatic carbocycles. The fraction of sp³-hybridized carbons (Fsp3) is 0.353. The van der Waals surface area contributed by atoms with Gasteiger partial charge in [0.05, 0.1) is 26.3 Å². The summed E-state index contributed by atoms with van der Waals surface area (Å²) in [5, 5.41) is 10.4. The molecule has 26 heavy (non-hydrogen) atoms. The molecule has 0 radical (unpaired) electrons. The molecule has 1 aliphatic heterocycles. The van der Waals surface area contributed by atoms with Crippen LogP contribution in [0.2, 0.25) is 0 Å². The zero-order valence-electron chi connectivity index (χ0n) is 14.7. The molecular formula is C17H19N5O4. The summed E-state index contributed by atoms with van der Waals surface area (Å²) < 4.78 is 9.26. The number of aryl methyl sites for hydroxylation is 1. The number of methoxy groups -OCH3 is 1. The average Bonchev–Trinajstić information content (AvgIpc) is 3.03. The van der Waals surface area contributed by atoms with E-state index >= 15 is 0 Å². The lowest BCUT2D eigenvalue weighted by atomic mass is 10.2. The SMILES string of the molecule is COc1ccc(N2C[C@H](O)Cn3c2nc2c3c(=O)n(C)c(=O)n2C)cc1. The van der Waals surface area contributed by atoms with Crippen LogP contribution in [-0.2, 0) is 20.6 Å². The van der Waals surface area contributed by atoms with Crippen molar-refractivity contribution in [2.24, 2.45) is 14.1 Å². The van der Waals surface area contributed by atoms with Gasteiger partial charge in [0.25, 0.3) is 5.56 Å². The number of imidazole rings is 1. The number of hydrogen-bond acceptors (Lipinski definition) is 6. The zero-order valence-corrected chi connectivity index (χ0v) is 14.7. The number of benzene rings is 1. The molecular weight excluding hydrogens is 338 g/mol. The third-order valence-corrected chi connectivity index (χ3v) is 4.74. The van der Waals surface area contributed by atoms with Crippen molar-refractivity contribution in [1.29, 1.82) is 0 Å². The molecule has 0 saturated carbocycles. The van der Waals surface area contributed by atoms with Crippen LogP contribution in [0.4, 0.5) is 11.6 Å². The van der Waals surface area contributed by atoms with Crippen LogP contribution in [0.1, 0.15) is 0 Å². The second kappa shape index (κ2) is 5.73. The topological polar surface area (TPSA) is 94.5 Å². The average molecular weight is 357 g/mol. The second-order valence-electron chi connectivity index (χ2n) is 6.36. The Balaban J connectivity index is 1.98. The van der Waals surface area contributed by atoms with Gasteiger partial charge in [0.2, 0.25) is 5.95 Å². The molecule has 1 aromatic carbocycles. The van der Waals surface area contributed by atoms with E-state index in [0.29, 0.717) is 23.7 Å². The summed E-state index contributed by atoms with van der Waals surface area (Å²) in [5.74, 6) is 1.24. The number of aromatic nitrogens is 4. The Hall–Kier alpha value is -3.07. The quantitative estimate of drug-likeness (QED) is 0.691. The lowest BCUT2D eigenvalue weighted by Crippen LogP contribution is -2.40. The highest BCUT2D eigenvalue weighted by Gasteiger charge is 2.30. The lowest BCUT2D eigenvalue weighted by Gasteiger charge is -2.32. The van der Waals surface area contributed by atoms with E-state index in [1.54, 1.807) is 18.7 Å². The fourth-order valence-electron chi connectivity index (χ4n) is 3.36. The van der Waals surface area contributed by atoms with Gasteiger partial charge in [-0.15, -0.1) is 0 Å². The van der Waals surface area contributed by atoms with Crippen LogP contribution in [0.3, 0.4) is 0 Å².